The zero-order valence-corrected chi connectivity index (χ0v) is 16.3. The van der Waals surface area contributed by atoms with Crippen LogP contribution in [-0.4, -0.2) is 45.7 Å². The lowest BCUT2D eigenvalue weighted by molar-refractivity contribution is -0.384. The third-order valence-electron chi connectivity index (χ3n) is 4.53. The Morgan fingerprint density at radius 2 is 2.14 bits per heavy atom. The molecule has 9 heteroatoms. The van der Waals surface area contributed by atoms with Crippen molar-refractivity contribution in [3.8, 4) is 0 Å². The molecule has 0 aliphatic carbocycles. The van der Waals surface area contributed by atoms with Crippen molar-refractivity contribution in [2.45, 2.75) is 51.7 Å². The molecular formula is C19H25N5O4. The van der Waals surface area contributed by atoms with Crippen LogP contribution in [0.4, 0.5) is 16.3 Å². The number of fused-ring (bicyclic) bond motifs is 1. The lowest BCUT2D eigenvalue weighted by Gasteiger charge is -2.36. The summed E-state index contributed by atoms with van der Waals surface area (Å²) in [6, 6.07) is 4.55. The quantitative estimate of drug-likeness (QED) is 0.632. The van der Waals surface area contributed by atoms with Gasteiger partial charge in [-0.1, -0.05) is 0 Å². The standard InChI is InChI=1S/C19H25N5O4/c1-19(2,3)28-18(25)21-11-14-6-4-5-9-23(14)17-12-20-16-10-13(24(26)27)7-8-15(16)22-17/h7-8,10,12,14H,4-6,9,11H2,1-3H3,(H,21,25). The molecule has 2 aromatic rings. The fourth-order valence-corrected chi connectivity index (χ4v) is 3.27. The lowest BCUT2D eigenvalue weighted by atomic mass is 10.0. The average Bonchev–Trinajstić information content (AvgIpc) is 2.64. The fraction of sp³-hybridized carbons (Fsp3) is 0.526. The van der Waals surface area contributed by atoms with Gasteiger partial charge in [-0.2, -0.15) is 0 Å². The number of amides is 1. The number of rotatable bonds is 4. The maximum absolute atomic E-state index is 12.0. The zero-order chi connectivity index (χ0) is 20.3. The van der Waals surface area contributed by atoms with Crippen LogP contribution in [0.5, 0.6) is 0 Å². The number of nitrogens with zero attached hydrogens (tertiary/aromatic N) is 4. The molecule has 2 heterocycles. The summed E-state index contributed by atoms with van der Waals surface area (Å²) in [5, 5.41) is 13.8. The van der Waals surface area contributed by atoms with Gasteiger partial charge in [-0.05, 0) is 46.1 Å². The summed E-state index contributed by atoms with van der Waals surface area (Å²) in [4.78, 5) is 33.6. The lowest BCUT2D eigenvalue weighted by Crippen LogP contribution is -2.48. The van der Waals surface area contributed by atoms with Gasteiger partial charge in [-0.15, -0.1) is 0 Å². The van der Waals surface area contributed by atoms with Crippen molar-refractivity contribution in [2.75, 3.05) is 18.0 Å². The predicted octanol–water partition coefficient (Wildman–Crippen LogP) is 3.42. The number of nitrogens with one attached hydrogen (secondary N) is 1. The molecule has 1 N–H and O–H groups in total. The largest absolute Gasteiger partial charge is 0.444 e. The molecule has 0 bridgehead atoms. The summed E-state index contributed by atoms with van der Waals surface area (Å²) >= 11 is 0. The van der Waals surface area contributed by atoms with Crippen LogP contribution in [-0.2, 0) is 4.74 Å². The summed E-state index contributed by atoms with van der Waals surface area (Å²) in [5.74, 6) is 0.706. The van der Waals surface area contributed by atoms with Crippen molar-refractivity contribution in [3.05, 3.63) is 34.5 Å². The number of alkyl carbamates (subject to hydrolysis) is 1. The van der Waals surface area contributed by atoms with Crippen LogP contribution in [0.2, 0.25) is 0 Å². The first kappa shape index (κ1) is 19.8. The van der Waals surface area contributed by atoms with E-state index in [1.165, 1.54) is 12.1 Å². The first-order chi connectivity index (χ1) is 13.2. The Morgan fingerprint density at radius 1 is 1.36 bits per heavy atom. The van der Waals surface area contributed by atoms with E-state index < -0.39 is 16.6 Å². The Balaban J connectivity index is 1.75. The minimum atomic E-state index is -0.539. The van der Waals surface area contributed by atoms with Crippen LogP contribution in [0.3, 0.4) is 0 Å². The number of nitro benzene ring substituents is 1. The predicted molar refractivity (Wildman–Crippen MR) is 105 cm³/mol. The number of ether oxygens (including phenoxy) is 1. The van der Waals surface area contributed by atoms with Crippen LogP contribution >= 0.6 is 0 Å². The highest BCUT2D eigenvalue weighted by Gasteiger charge is 2.26. The smallest absolute Gasteiger partial charge is 0.407 e. The molecule has 3 rings (SSSR count). The van der Waals surface area contributed by atoms with Crippen molar-refractivity contribution < 1.29 is 14.5 Å². The van der Waals surface area contributed by atoms with Gasteiger partial charge in [0.15, 0.2) is 0 Å². The number of carbonyl (C=O) groups excluding carboxylic acids is 1. The van der Waals surface area contributed by atoms with E-state index in [1.54, 1.807) is 12.3 Å². The van der Waals surface area contributed by atoms with E-state index in [-0.39, 0.29) is 11.7 Å². The number of benzene rings is 1. The monoisotopic (exact) mass is 387 g/mol. The highest BCUT2D eigenvalue weighted by Crippen LogP contribution is 2.25. The van der Waals surface area contributed by atoms with Gasteiger partial charge in [0.1, 0.15) is 11.4 Å². The number of hydrogen-bond acceptors (Lipinski definition) is 7. The Bertz CT molecular complexity index is 880. The topological polar surface area (TPSA) is 110 Å². The molecular weight excluding hydrogens is 362 g/mol. The average molecular weight is 387 g/mol. The summed E-state index contributed by atoms with van der Waals surface area (Å²) in [5.41, 5.74) is 0.542. The number of hydrogen-bond donors (Lipinski definition) is 1. The van der Waals surface area contributed by atoms with E-state index in [2.05, 4.69) is 20.2 Å². The third-order valence-corrected chi connectivity index (χ3v) is 4.53. The molecule has 9 nitrogen and oxygen atoms in total. The van der Waals surface area contributed by atoms with Crippen LogP contribution < -0.4 is 10.2 Å². The summed E-state index contributed by atoms with van der Waals surface area (Å²) < 4.78 is 5.31. The van der Waals surface area contributed by atoms with Crippen molar-refractivity contribution >= 4 is 28.6 Å². The number of nitro groups is 1. The third kappa shape index (κ3) is 4.85. The molecule has 1 saturated heterocycles. The first-order valence-corrected chi connectivity index (χ1v) is 9.37. The molecule has 0 saturated carbocycles. The second-order valence-electron chi connectivity index (χ2n) is 7.88. The van der Waals surface area contributed by atoms with Gasteiger partial charge >= 0.3 is 6.09 Å². The molecule has 28 heavy (non-hydrogen) atoms. The second-order valence-corrected chi connectivity index (χ2v) is 7.88. The van der Waals surface area contributed by atoms with Crippen LogP contribution in [0.25, 0.3) is 11.0 Å². The van der Waals surface area contributed by atoms with Crippen LogP contribution in [0.1, 0.15) is 40.0 Å². The van der Waals surface area contributed by atoms with Crippen molar-refractivity contribution in [2.24, 2.45) is 0 Å². The minimum Gasteiger partial charge on any atom is -0.444 e. The summed E-state index contributed by atoms with van der Waals surface area (Å²) in [6.07, 6.45) is 4.23. The molecule has 1 aliphatic heterocycles. The van der Waals surface area contributed by atoms with E-state index in [9.17, 15) is 14.9 Å². The molecule has 1 fully saturated rings. The molecule has 1 unspecified atom stereocenters. The van der Waals surface area contributed by atoms with Crippen molar-refractivity contribution in [1.29, 1.82) is 0 Å². The zero-order valence-electron chi connectivity index (χ0n) is 16.3. The number of piperidine rings is 1. The van der Waals surface area contributed by atoms with Gasteiger partial charge in [0.2, 0.25) is 0 Å². The Labute approximate surface area is 163 Å². The van der Waals surface area contributed by atoms with Crippen LogP contribution in [0, 0.1) is 10.1 Å². The van der Waals surface area contributed by atoms with E-state index in [4.69, 9.17) is 4.74 Å². The van der Waals surface area contributed by atoms with Gasteiger partial charge in [-0.25, -0.2) is 9.78 Å². The Hall–Kier alpha value is -2.97. The van der Waals surface area contributed by atoms with E-state index >= 15 is 0 Å². The normalized spacial score (nSPS) is 17.4. The molecule has 0 radical (unpaired) electrons. The fourth-order valence-electron chi connectivity index (χ4n) is 3.27. The highest BCUT2D eigenvalue weighted by molar-refractivity contribution is 5.78. The number of anilines is 1. The molecule has 1 aliphatic rings. The van der Waals surface area contributed by atoms with Gasteiger partial charge in [0.25, 0.3) is 5.69 Å². The highest BCUT2D eigenvalue weighted by atomic mass is 16.6. The van der Waals surface area contributed by atoms with E-state index in [0.29, 0.717) is 23.4 Å². The van der Waals surface area contributed by atoms with Gasteiger partial charge in [-0.3, -0.25) is 15.1 Å². The molecule has 1 aromatic heterocycles. The SMILES string of the molecule is CC(C)(C)OC(=O)NCC1CCCCN1c1cnc2cc([N+](=O)[O-])ccc2n1. The van der Waals surface area contributed by atoms with Crippen LogP contribution in [0.15, 0.2) is 24.4 Å². The van der Waals surface area contributed by atoms with Gasteiger partial charge in [0.05, 0.1) is 22.2 Å². The van der Waals surface area contributed by atoms with E-state index in [1.807, 2.05) is 20.8 Å². The summed E-state index contributed by atoms with van der Waals surface area (Å²) in [6.45, 7) is 6.75. The van der Waals surface area contributed by atoms with Crippen molar-refractivity contribution in [3.63, 3.8) is 0 Å². The minimum absolute atomic E-state index is 0.00744. The Kier molecular flexibility index (Phi) is 5.62. The Morgan fingerprint density at radius 3 is 2.86 bits per heavy atom. The van der Waals surface area contributed by atoms with Gasteiger partial charge in [0, 0.05) is 31.3 Å². The molecule has 1 aromatic carbocycles. The maximum Gasteiger partial charge on any atom is 0.407 e. The van der Waals surface area contributed by atoms with E-state index in [0.717, 1.165) is 25.8 Å². The second kappa shape index (κ2) is 7.95. The van der Waals surface area contributed by atoms with Gasteiger partial charge < -0.3 is 15.0 Å². The molecule has 150 valence electrons. The molecule has 1 atom stereocenters. The first-order valence-electron chi connectivity index (χ1n) is 9.37. The number of carbonyl (C=O) groups is 1. The van der Waals surface area contributed by atoms with Crippen molar-refractivity contribution in [1.82, 2.24) is 15.3 Å². The number of aromatic nitrogens is 2. The molecule has 1 amide bonds. The molecule has 0 spiro atoms. The number of non-ortho nitro benzene ring substituents is 1. The summed E-state index contributed by atoms with van der Waals surface area (Å²) in [7, 11) is 0. The maximum atomic E-state index is 12.0.